The van der Waals surface area contributed by atoms with Gasteiger partial charge in [0.2, 0.25) is 5.91 Å². The lowest BCUT2D eigenvalue weighted by Crippen LogP contribution is -2.47. The first-order valence-electron chi connectivity index (χ1n) is 18.2. The molecule has 8 nitrogen and oxygen atoms in total. The highest BCUT2D eigenvalue weighted by molar-refractivity contribution is 5.85. The van der Waals surface area contributed by atoms with Crippen molar-refractivity contribution in [2.24, 2.45) is 17.3 Å². The van der Waals surface area contributed by atoms with Crippen molar-refractivity contribution in [1.29, 1.82) is 0 Å². The van der Waals surface area contributed by atoms with Crippen molar-refractivity contribution in [3.8, 4) is 5.75 Å². The summed E-state index contributed by atoms with van der Waals surface area (Å²) >= 11 is 0. The molecule has 4 fully saturated rings. The Hall–Kier alpha value is -3.38. The van der Waals surface area contributed by atoms with Crippen molar-refractivity contribution >= 4 is 17.6 Å². The number of nitrogens with zero attached hydrogens (tertiary/aromatic N) is 3. The van der Waals surface area contributed by atoms with Gasteiger partial charge in [0.1, 0.15) is 5.75 Å². The largest absolute Gasteiger partial charge is 0.497 e. The summed E-state index contributed by atoms with van der Waals surface area (Å²) in [6, 6.07) is 11.5. The van der Waals surface area contributed by atoms with Gasteiger partial charge in [-0.25, -0.2) is 4.39 Å². The van der Waals surface area contributed by atoms with Gasteiger partial charge < -0.3 is 24.4 Å². The minimum atomic E-state index is -4.63. The smallest absolute Gasteiger partial charge is 0.416 e. The fraction of sp³-hybridized carbons (Fsp3) is 0.641. The highest BCUT2D eigenvalue weighted by Crippen LogP contribution is 2.50. The number of ether oxygens (including phenoxy) is 2. The molecule has 6 rings (SSSR count). The number of piperidine rings is 1. The molecule has 1 N–H and O–H groups in total. The summed E-state index contributed by atoms with van der Waals surface area (Å²) < 4.78 is 70.2. The van der Waals surface area contributed by atoms with Crippen LogP contribution in [0.1, 0.15) is 80.9 Å². The van der Waals surface area contributed by atoms with E-state index in [0.717, 1.165) is 43.4 Å². The Morgan fingerprint density at radius 1 is 0.922 bits per heavy atom. The van der Waals surface area contributed by atoms with Gasteiger partial charge in [0, 0.05) is 63.4 Å². The highest BCUT2D eigenvalue weighted by atomic mass is 19.4. The molecule has 1 amide bonds. The standard InChI is InChI=1S/C39H51F4N3O5/c1-25-5-10-29(11-6-25)45-20-32(26-7-12-30(51-4)13-8-26)37(2,22-45)36(49)46-21-33(38(40,23-46)24-50-3)31-14-9-28(39(41,42)43)19-34(31)44-17-15-27(16-18-44)35(47)48/h7-9,12-14,19,25,27,29,32-33H,5-6,10-11,15-18,20-24H2,1-4H3,(H,47,48)/t25-,29-,32-,33+,37+,38-/m0/s1. The van der Waals surface area contributed by atoms with E-state index in [1.54, 1.807) is 16.9 Å². The van der Waals surface area contributed by atoms with Gasteiger partial charge in [-0.15, -0.1) is 0 Å². The predicted molar refractivity (Wildman–Crippen MR) is 186 cm³/mol. The summed E-state index contributed by atoms with van der Waals surface area (Å²) in [5.41, 5.74) is -2.21. The van der Waals surface area contributed by atoms with Gasteiger partial charge in [-0.3, -0.25) is 14.5 Å². The van der Waals surface area contributed by atoms with Crippen LogP contribution in [0.25, 0.3) is 0 Å². The van der Waals surface area contributed by atoms with Crippen LogP contribution in [0.2, 0.25) is 0 Å². The van der Waals surface area contributed by atoms with Crippen LogP contribution < -0.4 is 9.64 Å². The zero-order valence-electron chi connectivity index (χ0n) is 30.1. The third-order valence-electron chi connectivity index (χ3n) is 12.3. The molecular weight excluding hydrogens is 666 g/mol. The van der Waals surface area contributed by atoms with Crippen molar-refractivity contribution in [2.75, 3.05) is 65.0 Å². The summed E-state index contributed by atoms with van der Waals surface area (Å²) in [6.45, 7) is 5.31. The molecule has 3 saturated heterocycles. The maximum Gasteiger partial charge on any atom is 0.416 e. The average molecular weight is 718 g/mol. The number of methoxy groups -OCH3 is 2. The quantitative estimate of drug-likeness (QED) is 0.281. The Morgan fingerprint density at radius 3 is 2.18 bits per heavy atom. The number of alkyl halides is 4. The number of anilines is 1. The monoisotopic (exact) mass is 717 g/mol. The van der Waals surface area contributed by atoms with Crippen LogP contribution in [0.5, 0.6) is 5.75 Å². The summed E-state index contributed by atoms with van der Waals surface area (Å²) in [5, 5.41) is 9.53. The molecule has 12 heteroatoms. The first-order chi connectivity index (χ1) is 24.2. The number of hydrogen-bond donors (Lipinski definition) is 1. The molecule has 3 aliphatic heterocycles. The molecule has 0 spiro atoms. The van der Waals surface area contributed by atoms with Gasteiger partial charge in [0.05, 0.1) is 37.2 Å². The summed E-state index contributed by atoms with van der Waals surface area (Å²) in [4.78, 5) is 32.3. The van der Waals surface area contributed by atoms with Crippen LogP contribution in [0, 0.1) is 17.3 Å². The van der Waals surface area contributed by atoms with Crippen LogP contribution in [0.15, 0.2) is 42.5 Å². The molecule has 0 aromatic heterocycles. The zero-order chi connectivity index (χ0) is 36.7. The minimum absolute atomic E-state index is 0.0193. The van der Waals surface area contributed by atoms with Crippen molar-refractivity contribution in [2.45, 2.75) is 82.1 Å². The highest BCUT2D eigenvalue weighted by Gasteiger charge is 2.57. The van der Waals surface area contributed by atoms with Crippen molar-refractivity contribution < 1.29 is 41.7 Å². The molecular formula is C39H51F4N3O5. The Kier molecular flexibility index (Phi) is 10.7. The third-order valence-corrected chi connectivity index (χ3v) is 12.3. The topological polar surface area (TPSA) is 82.6 Å². The van der Waals surface area contributed by atoms with E-state index in [9.17, 15) is 27.9 Å². The van der Waals surface area contributed by atoms with E-state index in [-0.39, 0.29) is 63.1 Å². The molecule has 2 aromatic rings. The van der Waals surface area contributed by atoms with Crippen LogP contribution in [0.3, 0.4) is 0 Å². The molecule has 1 aliphatic carbocycles. The molecule has 0 bridgehead atoms. The fourth-order valence-corrected chi connectivity index (χ4v) is 9.26. The summed E-state index contributed by atoms with van der Waals surface area (Å²) in [6.07, 6.45) is 0.304. The number of carbonyl (C=O) groups excluding carboxylic acids is 1. The normalized spacial score (nSPS) is 30.9. The van der Waals surface area contributed by atoms with E-state index in [0.29, 0.717) is 36.4 Å². The van der Waals surface area contributed by atoms with Crippen molar-refractivity contribution in [3.63, 3.8) is 0 Å². The second-order valence-electron chi connectivity index (χ2n) is 15.7. The maximum absolute atomic E-state index is 17.4. The van der Waals surface area contributed by atoms with E-state index in [1.165, 1.54) is 13.2 Å². The van der Waals surface area contributed by atoms with Gasteiger partial charge in [0.15, 0.2) is 5.67 Å². The van der Waals surface area contributed by atoms with Gasteiger partial charge in [-0.1, -0.05) is 25.1 Å². The third kappa shape index (κ3) is 7.45. The van der Waals surface area contributed by atoms with E-state index >= 15 is 4.39 Å². The molecule has 4 atom stereocenters. The summed E-state index contributed by atoms with van der Waals surface area (Å²) in [7, 11) is 2.99. The molecule has 280 valence electrons. The Bertz CT molecular complexity index is 1560. The average Bonchev–Trinajstić information content (AvgIpc) is 3.65. The minimum Gasteiger partial charge on any atom is -0.497 e. The number of benzene rings is 2. The van der Waals surface area contributed by atoms with Crippen LogP contribution >= 0.6 is 0 Å². The Labute approximate surface area is 298 Å². The van der Waals surface area contributed by atoms with Gasteiger partial charge in [-0.2, -0.15) is 13.2 Å². The second kappa shape index (κ2) is 14.6. The Balaban J connectivity index is 1.34. The lowest BCUT2D eigenvalue weighted by atomic mass is 9.75. The number of halogens is 4. The molecule has 1 saturated carbocycles. The van der Waals surface area contributed by atoms with E-state index in [2.05, 4.69) is 11.8 Å². The van der Waals surface area contributed by atoms with Crippen LogP contribution in [-0.4, -0.2) is 98.6 Å². The van der Waals surface area contributed by atoms with Gasteiger partial charge in [-0.05, 0) is 86.8 Å². The van der Waals surface area contributed by atoms with E-state index < -0.39 is 40.6 Å². The number of carboxylic acids is 1. The SMILES string of the molecule is COC[C@@]1(F)CN(C(=O)[C@]2(C)CN([C@H]3CC[C@H](C)CC3)C[C@H]2c2ccc(OC)cc2)C[C@@H]1c1ccc(C(F)(F)F)cc1N1CCC(C(=O)O)CC1. The number of aliphatic carboxylic acids is 1. The Morgan fingerprint density at radius 2 is 1.59 bits per heavy atom. The molecule has 2 aromatic carbocycles. The van der Waals surface area contributed by atoms with Crippen LogP contribution in [-0.2, 0) is 20.5 Å². The van der Waals surface area contributed by atoms with Crippen LogP contribution in [0.4, 0.5) is 23.2 Å². The number of carbonyl (C=O) groups is 2. The first kappa shape index (κ1) is 37.4. The summed E-state index contributed by atoms with van der Waals surface area (Å²) in [5.74, 6) is -1.44. The van der Waals surface area contributed by atoms with E-state index in [4.69, 9.17) is 9.47 Å². The second-order valence-corrected chi connectivity index (χ2v) is 15.7. The maximum atomic E-state index is 17.4. The number of carboxylic acid groups (broad SMARTS) is 1. The first-order valence-corrected chi connectivity index (χ1v) is 18.2. The number of likely N-dealkylation sites (tertiary alicyclic amines) is 2. The van der Waals surface area contributed by atoms with Gasteiger partial charge >= 0.3 is 12.1 Å². The molecule has 3 heterocycles. The van der Waals surface area contributed by atoms with Crippen molar-refractivity contribution in [1.82, 2.24) is 9.80 Å². The number of amides is 1. The van der Waals surface area contributed by atoms with Gasteiger partial charge in [0.25, 0.3) is 0 Å². The molecule has 4 aliphatic rings. The predicted octanol–water partition coefficient (Wildman–Crippen LogP) is 6.98. The fourth-order valence-electron chi connectivity index (χ4n) is 9.26. The molecule has 51 heavy (non-hydrogen) atoms. The number of rotatable bonds is 9. The lowest BCUT2D eigenvalue weighted by molar-refractivity contribution is -0.142. The zero-order valence-corrected chi connectivity index (χ0v) is 30.1. The van der Waals surface area contributed by atoms with Crippen molar-refractivity contribution in [3.05, 3.63) is 59.2 Å². The number of hydrogen-bond acceptors (Lipinski definition) is 6. The molecule has 0 radical (unpaired) electrons. The van der Waals surface area contributed by atoms with E-state index in [1.807, 2.05) is 31.2 Å². The lowest BCUT2D eigenvalue weighted by Gasteiger charge is -2.36. The molecule has 0 unspecified atom stereocenters.